The number of carbonyl (C=O) groups excluding carboxylic acids is 1. The highest BCUT2D eigenvalue weighted by Crippen LogP contribution is 2.32. The third kappa shape index (κ3) is 3.99. The number of carboxylic acids is 1. The second-order valence-electron chi connectivity index (χ2n) is 3.76. The summed E-state index contributed by atoms with van der Waals surface area (Å²) in [5, 5.41) is 13.6. The minimum Gasteiger partial charge on any atom is -0.480 e. The average Bonchev–Trinajstić information content (AvgIpc) is 2.23. The molecule has 0 heterocycles. The number of aryl methyl sites for hydroxylation is 1. The molecule has 0 aromatic heterocycles. The van der Waals surface area contributed by atoms with E-state index in [0.29, 0.717) is 14.6 Å². The maximum absolute atomic E-state index is 11.6. The van der Waals surface area contributed by atoms with Crippen LogP contribution in [0.1, 0.15) is 12.5 Å². The Morgan fingerprint density at radius 2 is 1.78 bits per heavy atom. The SMILES string of the molecule is Cc1cc(Br)c(NC(=O)NC(C)C(=O)O)c(Br)c1. The van der Waals surface area contributed by atoms with Gasteiger partial charge in [-0.25, -0.2) is 4.79 Å². The Labute approximate surface area is 121 Å². The van der Waals surface area contributed by atoms with E-state index >= 15 is 0 Å². The maximum atomic E-state index is 11.6. The van der Waals surface area contributed by atoms with Gasteiger partial charge in [0.05, 0.1) is 5.69 Å². The first-order valence-corrected chi connectivity index (χ1v) is 6.66. The van der Waals surface area contributed by atoms with Gasteiger partial charge in [-0.15, -0.1) is 0 Å². The topological polar surface area (TPSA) is 78.4 Å². The monoisotopic (exact) mass is 378 g/mol. The molecule has 0 spiro atoms. The quantitative estimate of drug-likeness (QED) is 0.754. The minimum absolute atomic E-state index is 0.552. The predicted molar refractivity (Wildman–Crippen MR) is 75.8 cm³/mol. The Morgan fingerprint density at radius 1 is 1.28 bits per heavy atom. The summed E-state index contributed by atoms with van der Waals surface area (Å²) in [6, 6.07) is 2.17. The van der Waals surface area contributed by atoms with Crippen LogP contribution in [0.2, 0.25) is 0 Å². The van der Waals surface area contributed by atoms with Gasteiger partial charge < -0.3 is 15.7 Å². The molecule has 0 radical (unpaired) electrons. The normalized spacial score (nSPS) is 11.8. The molecule has 0 bridgehead atoms. The summed E-state index contributed by atoms with van der Waals surface area (Å²) in [6.07, 6.45) is 0. The first-order chi connectivity index (χ1) is 8.31. The average molecular weight is 380 g/mol. The van der Waals surface area contributed by atoms with Gasteiger partial charge in [0.25, 0.3) is 0 Å². The molecule has 3 N–H and O–H groups in total. The fourth-order valence-corrected chi connectivity index (χ4v) is 2.84. The number of nitrogens with one attached hydrogen (secondary N) is 2. The van der Waals surface area contributed by atoms with Crippen LogP contribution in [0, 0.1) is 6.92 Å². The van der Waals surface area contributed by atoms with Crippen LogP contribution in [-0.2, 0) is 4.79 Å². The van der Waals surface area contributed by atoms with Crippen LogP contribution in [0.3, 0.4) is 0 Å². The van der Waals surface area contributed by atoms with Crippen molar-refractivity contribution in [2.24, 2.45) is 0 Å². The number of hydrogen-bond donors (Lipinski definition) is 3. The van der Waals surface area contributed by atoms with Crippen LogP contribution in [0.5, 0.6) is 0 Å². The molecule has 0 saturated carbocycles. The lowest BCUT2D eigenvalue weighted by Gasteiger charge is -2.13. The zero-order valence-corrected chi connectivity index (χ0v) is 12.9. The summed E-state index contributed by atoms with van der Waals surface area (Å²) in [5.74, 6) is -1.09. The molecule has 0 fully saturated rings. The van der Waals surface area contributed by atoms with E-state index < -0.39 is 18.0 Å². The number of anilines is 1. The Bertz CT molecular complexity index is 468. The summed E-state index contributed by atoms with van der Waals surface area (Å²) in [5.41, 5.74) is 1.58. The summed E-state index contributed by atoms with van der Waals surface area (Å²) in [6.45, 7) is 3.31. The second kappa shape index (κ2) is 6.19. The van der Waals surface area contributed by atoms with Gasteiger partial charge in [0.2, 0.25) is 0 Å². The highest BCUT2D eigenvalue weighted by Gasteiger charge is 2.15. The van der Waals surface area contributed by atoms with Gasteiger partial charge in [-0.2, -0.15) is 0 Å². The number of urea groups is 1. The minimum atomic E-state index is -1.09. The number of benzene rings is 1. The summed E-state index contributed by atoms with van der Waals surface area (Å²) < 4.78 is 1.43. The van der Waals surface area contributed by atoms with Crippen molar-refractivity contribution in [1.29, 1.82) is 0 Å². The Morgan fingerprint density at radius 3 is 2.22 bits per heavy atom. The molecule has 1 aromatic rings. The lowest BCUT2D eigenvalue weighted by atomic mass is 10.2. The molecule has 0 aliphatic carbocycles. The molecule has 2 amide bonds. The van der Waals surface area contributed by atoms with Gasteiger partial charge in [0.15, 0.2) is 0 Å². The predicted octanol–water partition coefficient (Wildman–Crippen LogP) is 3.11. The first-order valence-electron chi connectivity index (χ1n) is 5.07. The van der Waals surface area contributed by atoms with Crippen molar-refractivity contribution in [1.82, 2.24) is 5.32 Å². The molecule has 1 aromatic carbocycles. The molecule has 0 saturated heterocycles. The molecule has 1 unspecified atom stereocenters. The van der Waals surface area contributed by atoms with Crippen LogP contribution in [0.4, 0.5) is 10.5 Å². The zero-order chi connectivity index (χ0) is 13.9. The molecular weight excluding hydrogens is 368 g/mol. The van der Waals surface area contributed by atoms with E-state index in [1.807, 2.05) is 19.1 Å². The van der Waals surface area contributed by atoms with Gasteiger partial charge in [0.1, 0.15) is 6.04 Å². The van der Waals surface area contributed by atoms with Gasteiger partial charge in [-0.3, -0.25) is 4.79 Å². The fourth-order valence-electron chi connectivity index (χ4n) is 1.23. The van der Waals surface area contributed by atoms with E-state index in [4.69, 9.17) is 5.11 Å². The van der Waals surface area contributed by atoms with Crippen molar-refractivity contribution in [3.05, 3.63) is 26.6 Å². The van der Waals surface area contributed by atoms with Gasteiger partial charge in [0, 0.05) is 8.95 Å². The molecule has 0 aliphatic heterocycles. The highest BCUT2D eigenvalue weighted by atomic mass is 79.9. The number of halogens is 2. The standard InChI is InChI=1S/C11H12Br2N2O3/c1-5-3-7(12)9(8(13)4-5)15-11(18)14-6(2)10(16)17/h3-4,6H,1-2H3,(H,16,17)(H2,14,15,18). The summed E-state index contributed by atoms with van der Waals surface area (Å²) in [7, 11) is 0. The molecule has 1 atom stereocenters. The van der Waals surface area contributed by atoms with Gasteiger partial charge >= 0.3 is 12.0 Å². The van der Waals surface area contributed by atoms with Crippen molar-refractivity contribution in [3.8, 4) is 0 Å². The maximum Gasteiger partial charge on any atom is 0.325 e. The number of carboxylic acid groups (broad SMARTS) is 1. The third-order valence-corrected chi connectivity index (χ3v) is 3.39. The van der Waals surface area contributed by atoms with Crippen LogP contribution in [0.25, 0.3) is 0 Å². The zero-order valence-electron chi connectivity index (χ0n) is 9.75. The first kappa shape index (κ1) is 15.0. The van der Waals surface area contributed by atoms with Crippen LogP contribution in [0.15, 0.2) is 21.1 Å². The summed E-state index contributed by atoms with van der Waals surface area (Å²) >= 11 is 6.67. The van der Waals surface area contributed by atoms with E-state index in [2.05, 4.69) is 42.5 Å². The number of hydrogen-bond acceptors (Lipinski definition) is 2. The molecule has 0 aliphatic rings. The third-order valence-electron chi connectivity index (χ3n) is 2.14. The molecule has 18 heavy (non-hydrogen) atoms. The highest BCUT2D eigenvalue weighted by molar-refractivity contribution is 9.11. The van der Waals surface area contributed by atoms with Crippen LogP contribution in [-0.4, -0.2) is 23.1 Å². The number of amides is 2. The number of aliphatic carboxylic acids is 1. The smallest absolute Gasteiger partial charge is 0.325 e. The van der Waals surface area contributed by atoms with Crippen LogP contribution >= 0.6 is 31.9 Å². The molecule has 98 valence electrons. The van der Waals surface area contributed by atoms with E-state index in [0.717, 1.165) is 5.56 Å². The van der Waals surface area contributed by atoms with Crippen molar-refractivity contribution in [2.45, 2.75) is 19.9 Å². The molecule has 5 nitrogen and oxygen atoms in total. The number of rotatable bonds is 3. The number of carbonyl (C=O) groups is 2. The lowest BCUT2D eigenvalue weighted by Crippen LogP contribution is -2.40. The van der Waals surface area contributed by atoms with Crippen molar-refractivity contribution >= 4 is 49.5 Å². The Hall–Kier alpha value is -1.08. The summed E-state index contributed by atoms with van der Waals surface area (Å²) in [4.78, 5) is 22.2. The lowest BCUT2D eigenvalue weighted by molar-refractivity contribution is -0.138. The van der Waals surface area contributed by atoms with E-state index in [1.165, 1.54) is 6.92 Å². The van der Waals surface area contributed by atoms with E-state index in [-0.39, 0.29) is 0 Å². The molecular formula is C11H12Br2N2O3. The second-order valence-corrected chi connectivity index (χ2v) is 5.47. The van der Waals surface area contributed by atoms with E-state index in [9.17, 15) is 9.59 Å². The van der Waals surface area contributed by atoms with Crippen molar-refractivity contribution in [3.63, 3.8) is 0 Å². The van der Waals surface area contributed by atoms with Crippen molar-refractivity contribution < 1.29 is 14.7 Å². The Kier molecular flexibility index (Phi) is 5.15. The van der Waals surface area contributed by atoms with Gasteiger partial charge in [-0.05, 0) is 63.4 Å². The Balaban J connectivity index is 2.80. The molecule has 1 rings (SSSR count). The van der Waals surface area contributed by atoms with E-state index in [1.54, 1.807) is 0 Å². The van der Waals surface area contributed by atoms with Crippen LogP contribution < -0.4 is 10.6 Å². The molecule has 7 heteroatoms. The fraction of sp³-hybridized carbons (Fsp3) is 0.273. The van der Waals surface area contributed by atoms with Gasteiger partial charge in [-0.1, -0.05) is 0 Å². The van der Waals surface area contributed by atoms with Crippen molar-refractivity contribution in [2.75, 3.05) is 5.32 Å². The largest absolute Gasteiger partial charge is 0.480 e.